The van der Waals surface area contributed by atoms with Crippen molar-refractivity contribution in [1.82, 2.24) is 14.9 Å². The first kappa shape index (κ1) is 18.0. The van der Waals surface area contributed by atoms with E-state index < -0.39 is 11.9 Å². The van der Waals surface area contributed by atoms with Crippen LogP contribution in [0.2, 0.25) is 0 Å². The van der Waals surface area contributed by atoms with Crippen molar-refractivity contribution in [3.63, 3.8) is 0 Å². The topological polar surface area (TPSA) is 57.5 Å². The van der Waals surface area contributed by atoms with Gasteiger partial charge in [-0.15, -0.1) is 0 Å². The Morgan fingerprint density at radius 3 is 2.96 bits per heavy atom. The van der Waals surface area contributed by atoms with E-state index in [-0.39, 0.29) is 12.7 Å². The van der Waals surface area contributed by atoms with Crippen LogP contribution in [0.25, 0.3) is 0 Å². The van der Waals surface area contributed by atoms with E-state index in [2.05, 4.69) is 10.3 Å². The molecule has 0 aliphatic carbocycles. The Bertz CT molecular complexity index is 835. The molecule has 27 heavy (non-hydrogen) atoms. The molecule has 0 saturated heterocycles. The summed E-state index contributed by atoms with van der Waals surface area (Å²) in [7, 11) is 1.58. The molecule has 1 N–H and O–H groups in total. The van der Waals surface area contributed by atoms with E-state index in [9.17, 15) is 13.2 Å². The van der Waals surface area contributed by atoms with Crippen LogP contribution in [0.1, 0.15) is 23.5 Å². The monoisotopic (exact) mass is 383 g/mol. The molecule has 146 valence electrons. The van der Waals surface area contributed by atoms with Gasteiger partial charge in [0.05, 0.1) is 7.11 Å². The van der Waals surface area contributed by atoms with E-state index >= 15 is 0 Å². The molecule has 1 aromatic heterocycles. The highest BCUT2D eigenvalue weighted by Crippen LogP contribution is 2.41. The lowest BCUT2D eigenvalue weighted by molar-refractivity contribution is -0.141. The molecule has 0 amide bonds. The lowest BCUT2D eigenvalue weighted by Crippen LogP contribution is -2.29. The fraction of sp³-hybridized carbons (Fsp3) is 0.500. The second kappa shape index (κ2) is 6.95. The van der Waals surface area contributed by atoms with E-state index in [0.717, 1.165) is 18.2 Å². The fourth-order valence-corrected chi connectivity index (χ4v) is 3.52. The molecule has 9 heteroatoms. The molecule has 0 bridgehead atoms. The molecule has 2 aliphatic rings. The summed E-state index contributed by atoms with van der Waals surface area (Å²) < 4.78 is 56.1. The van der Waals surface area contributed by atoms with E-state index in [4.69, 9.17) is 14.2 Å². The van der Waals surface area contributed by atoms with Crippen LogP contribution in [0.4, 0.5) is 13.2 Å². The molecule has 2 aliphatic heterocycles. The number of aromatic nitrogens is 2. The Balaban J connectivity index is 1.35. The number of fused-ring (bicyclic) bond motifs is 2. The number of nitrogens with zero attached hydrogens (tertiary/aromatic N) is 2. The zero-order valence-electron chi connectivity index (χ0n) is 14.8. The van der Waals surface area contributed by atoms with Crippen molar-refractivity contribution in [2.24, 2.45) is 5.92 Å². The smallest absolute Gasteiger partial charge is 0.434 e. The Morgan fingerprint density at radius 1 is 1.33 bits per heavy atom. The maximum absolute atomic E-state index is 12.8. The number of methoxy groups -OCH3 is 1. The lowest BCUT2D eigenvalue weighted by atomic mass is 9.99. The van der Waals surface area contributed by atoms with Gasteiger partial charge >= 0.3 is 6.18 Å². The number of rotatable bonds is 5. The van der Waals surface area contributed by atoms with E-state index in [0.29, 0.717) is 49.1 Å². The summed E-state index contributed by atoms with van der Waals surface area (Å²) in [4.78, 5) is 3.71. The third-order valence-electron chi connectivity index (χ3n) is 4.86. The van der Waals surface area contributed by atoms with Gasteiger partial charge in [-0.1, -0.05) is 0 Å². The van der Waals surface area contributed by atoms with Crippen LogP contribution < -0.4 is 19.5 Å². The first-order chi connectivity index (χ1) is 12.9. The molecule has 2 aromatic rings. The van der Waals surface area contributed by atoms with Crippen LogP contribution in [-0.4, -0.2) is 30.0 Å². The van der Waals surface area contributed by atoms with Crippen molar-refractivity contribution in [2.45, 2.75) is 32.1 Å². The van der Waals surface area contributed by atoms with Crippen LogP contribution in [-0.2, 0) is 25.7 Å². The molecule has 0 saturated carbocycles. The molecule has 4 rings (SSSR count). The van der Waals surface area contributed by atoms with Crippen molar-refractivity contribution >= 4 is 0 Å². The quantitative estimate of drug-likeness (QED) is 0.860. The Kier molecular flexibility index (Phi) is 4.63. The Morgan fingerprint density at radius 2 is 2.19 bits per heavy atom. The highest BCUT2D eigenvalue weighted by atomic mass is 19.4. The van der Waals surface area contributed by atoms with E-state index in [1.165, 1.54) is 0 Å². The van der Waals surface area contributed by atoms with Crippen LogP contribution in [0.15, 0.2) is 18.3 Å². The largest absolute Gasteiger partial charge is 0.493 e. The summed E-state index contributed by atoms with van der Waals surface area (Å²) in [5, 5.41) is 3.37. The number of nitrogens with one attached hydrogen (secondary N) is 1. The zero-order valence-corrected chi connectivity index (χ0v) is 14.8. The normalized spacial score (nSPS) is 18.4. The average molecular weight is 383 g/mol. The standard InChI is InChI=1S/C18H20F3N3O3/c1-25-13-4-12(5-14-17(13)27-10-26-14)7-22-6-11-2-3-16-23-15(18(19,20)21)9-24(16)8-11/h4-5,9,11,22H,2-3,6-8,10H2,1H3/t11-/m1/s1. The van der Waals surface area contributed by atoms with Crippen molar-refractivity contribution in [3.05, 3.63) is 35.4 Å². The molecular formula is C18H20F3N3O3. The molecule has 1 atom stereocenters. The van der Waals surface area contributed by atoms with Crippen LogP contribution in [0, 0.1) is 5.92 Å². The predicted octanol–water partition coefficient (Wildman–Crippen LogP) is 2.99. The van der Waals surface area contributed by atoms with Gasteiger partial charge in [0.25, 0.3) is 0 Å². The van der Waals surface area contributed by atoms with E-state index in [1.807, 2.05) is 12.1 Å². The predicted molar refractivity (Wildman–Crippen MR) is 89.9 cm³/mol. The molecular weight excluding hydrogens is 363 g/mol. The Labute approximate surface area is 154 Å². The van der Waals surface area contributed by atoms with Crippen LogP contribution in [0.5, 0.6) is 17.2 Å². The van der Waals surface area contributed by atoms with E-state index in [1.54, 1.807) is 11.7 Å². The van der Waals surface area contributed by atoms with Crippen molar-refractivity contribution < 1.29 is 27.4 Å². The summed E-state index contributed by atoms with van der Waals surface area (Å²) in [6.45, 7) is 2.03. The maximum atomic E-state index is 12.8. The number of alkyl halides is 3. The van der Waals surface area contributed by atoms with Gasteiger partial charge in [0.15, 0.2) is 17.2 Å². The molecule has 6 nitrogen and oxygen atoms in total. The maximum Gasteiger partial charge on any atom is 0.434 e. The van der Waals surface area contributed by atoms with Crippen molar-refractivity contribution in [1.29, 1.82) is 0 Å². The minimum Gasteiger partial charge on any atom is -0.493 e. The van der Waals surface area contributed by atoms with Gasteiger partial charge in [0.2, 0.25) is 12.5 Å². The van der Waals surface area contributed by atoms with Gasteiger partial charge < -0.3 is 24.1 Å². The molecule has 1 aromatic carbocycles. The molecule has 0 fully saturated rings. The summed E-state index contributed by atoms with van der Waals surface area (Å²) in [5.41, 5.74) is 0.188. The van der Waals surface area contributed by atoms with Crippen molar-refractivity contribution in [2.75, 3.05) is 20.4 Å². The van der Waals surface area contributed by atoms with Gasteiger partial charge in [-0.2, -0.15) is 13.2 Å². The summed E-state index contributed by atoms with van der Waals surface area (Å²) in [6, 6.07) is 3.80. The molecule has 0 radical (unpaired) electrons. The minimum absolute atomic E-state index is 0.178. The second-order valence-corrected chi connectivity index (χ2v) is 6.76. The Hall–Kier alpha value is -2.42. The third kappa shape index (κ3) is 3.69. The first-order valence-corrected chi connectivity index (χ1v) is 8.74. The van der Waals surface area contributed by atoms with Crippen LogP contribution >= 0.6 is 0 Å². The summed E-state index contributed by atoms with van der Waals surface area (Å²) in [5.74, 6) is 2.66. The number of hydrogen-bond acceptors (Lipinski definition) is 5. The number of hydrogen-bond donors (Lipinski definition) is 1. The number of imidazole rings is 1. The fourth-order valence-electron chi connectivity index (χ4n) is 3.52. The summed E-state index contributed by atoms with van der Waals surface area (Å²) in [6.07, 6.45) is -1.91. The minimum atomic E-state index is -4.39. The van der Waals surface area contributed by atoms with Gasteiger partial charge in [-0.25, -0.2) is 4.98 Å². The van der Waals surface area contributed by atoms with Gasteiger partial charge in [0, 0.05) is 25.7 Å². The third-order valence-corrected chi connectivity index (χ3v) is 4.86. The highest BCUT2D eigenvalue weighted by Gasteiger charge is 2.35. The number of benzene rings is 1. The van der Waals surface area contributed by atoms with Crippen molar-refractivity contribution in [3.8, 4) is 17.2 Å². The number of halogens is 3. The zero-order chi connectivity index (χ0) is 19.0. The number of ether oxygens (including phenoxy) is 3. The van der Waals surface area contributed by atoms with Gasteiger partial charge in [-0.05, 0) is 36.6 Å². The second-order valence-electron chi connectivity index (χ2n) is 6.76. The average Bonchev–Trinajstić information content (AvgIpc) is 3.26. The first-order valence-electron chi connectivity index (χ1n) is 8.74. The SMILES string of the molecule is COc1cc(CNC[C@H]2CCc3nc(C(F)(F)F)cn3C2)cc2c1OCO2. The molecule has 0 unspecified atom stereocenters. The summed E-state index contributed by atoms with van der Waals surface area (Å²) >= 11 is 0. The van der Waals surface area contributed by atoms with Gasteiger partial charge in [0.1, 0.15) is 5.82 Å². The molecule has 3 heterocycles. The lowest BCUT2D eigenvalue weighted by Gasteiger charge is -2.24. The van der Waals surface area contributed by atoms with Gasteiger partial charge in [-0.3, -0.25) is 0 Å². The molecule has 0 spiro atoms. The number of aryl methyl sites for hydroxylation is 1. The highest BCUT2D eigenvalue weighted by molar-refractivity contribution is 5.55. The van der Waals surface area contributed by atoms with Crippen LogP contribution in [0.3, 0.4) is 0 Å².